The van der Waals surface area contributed by atoms with E-state index in [0.717, 1.165) is 5.92 Å². The Bertz CT molecular complexity index is 177. The Balaban J connectivity index is 1.85. The van der Waals surface area contributed by atoms with Gasteiger partial charge in [-0.1, -0.05) is 6.92 Å². The Morgan fingerprint density at radius 1 is 1.62 bits per heavy atom. The van der Waals surface area contributed by atoms with Crippen LogP contribution in [0.15, 0.2) is 0 Å². The summed E-state index contributed by atoms with van der Waals surface area (Å²) < 4.78 is 0. The van der Waals surface area contributed by atoms with Gasteiger partial charge in [-0.05, 0) is 38.6 Å². The van der Waals surface area contributed by atoms with Crippen LogP contribution in [-0.4, -0.2) is 25.2 Å². The summed E-state index contributed by atoms with van der Waals surface area (Å²) in [5.41, 5.74) is 7.01. The predicted octanol–water partition coefficient (Wildman–Crippen LogP) is 0.631. The second kappa shape index (κ2) is 3.56. The quantitative estimate of drug-likeness (QED) is 0.442. The van der Waals surface area contributed by atoms with Gasteiger partial charge in [0.05, 0.1) is 0 Å². The first kappa shape index (κ1) is 9.44. The van der Waals surface area contributed by atoms with Crippen LogP contribution in [0.3, 0.4) is 0 Å². The highest BCUT2D eigenvalue weighted by Gasteiger charge is 2.49. The Labute approximate surface area is 80.6 Å². The van der Waals surface area contributed by atoms with E-state index in [2.05, 4.69) is 23.1 Å². The Morgan fingerprint density at radius 2 is 2.38 bits per heavy atom. The van der Waals surface area contributed by atoms with Crippen molar-refractivity contribution < 1.29 is 0 Å². The molecule has 3 N–H and O–H groups in total. The molecule has 0 bridgehead atoms. The lowest BCUT2D eigenvalue weighted by molar-refractivity contribution is 0.319. The summed E-state index contributed by atoms with van der Waals surface area (Å²) in [5, 5.41) is 3.51. The zero-order chi connectivity index (χ0) is 9.31. The monoisotopic (exact) mass is 183 g/mol. The highest BCUT2D eigenvalue weighted by Crippen LogP contribution is 2.42. The maximum absolute atomic E-state index is 3.51. The van der Waals surface area contributed by atoms with Crippen molar-refractivity contribution >= 4 is 0 Å². The first-order valence-corrected chi connectivity index (χ1v) is 5.47. The summed E-state index contributed by atoms with van der Waals surface area (Å²) in [7, 11) is 1.96. The van der Waals surface area contributed by atoms with Gasteiger partial charge in [-0.25, -0.2) is 0 Å². The molecule has 1 heterocycles. The lowest BCUT2D eigenvalue weighted by Gasteiger charge is -2.22. The molecule has 13 heavy (non-hydrogen) atoms. The van der Waals surface area contributed by atoms with Gasteiger partial charge in [0.15, 0.2) is 0 Å². The minimum Gasteiger partial charge on any atom is -0.308 e. The van der Waals surface area contributed by atoms with Crippen molar-refractivity contribution in [3.05, 3.63) is 0 Å². The van der Waals surface area contributed by atoms with E-state index in [4.69, 9.17) is 0 Å². The third-order valence-electron chi connectivity index (χ3n) is 3.66. The number of rotatable bonds is 4. The molecule has 1 saturated carbocycles. The van der Waals surface area contributed by atoms with E-state index in [1.807, 2.05) is 7.05 Å². The molecule has 3 unspecified atom stereocenters. The number of hydrogen-bond acceptors (Lipinski definition) is 3. The van der Waals surface area contributed by atoms with Crippen LogP contribution in [0.2, 0.25) is 0 Å². The number of hydrazine groups is 1. The van der Waals surface area contributed by atoms with E-state index >= 15 is 0 Å². The van der Waals surface area contributed by atoms with E-state index < -0.39 is 0 Å². The van der Waals surface area contributed by atoms with Gasteiger partial charge in [-0.15, -0.1) is 0 Å². The van der Waals surface area contributed by atoms with Gasteiger partial charge in [0.2, 0.25) is 0 Å². The third kappa shape index (κ3) is 1.87. The molecule has 0 aromatic heterocycles. The lowest BCUT2D eigenvalue weighted by atomic mass is 9.95. The molecule has 0 aromatic carbocycles. The van der Waals surface area contributed by atoms with E-state index in [1.54, 1.807) is 0 Å². The van der Waals surface area contributed by atoms with Crippen molar-refractivity contribution in [1.82, 2.24) is 16.2 Å². The molecule has 76 valence electrons. The molecule has 3 heteroatoms. The minimum absolute atomic E-state index is 0.577. The van der Waals surface area contributed by atoms with E-state index in [0.29, 0.717) is 11.6 Å². The molecular weight excluding hydrogens is 162 g/mol. The molecule has 2 fully saturated rings. The zero-order valence-corrected chi connectivity index (χ0v) is 8.69. The highest BCUT2D eigenvalue weighted by molar-refractivity contribution is 5.10. The van der Waals surface area contributed by atoms with Crippen molar-refractivity contribution in [3.63, 3.8) is 0 Å². The SMILES string of the molecule is CCC(NNC)C1CCC2(CN2)C1. The van der Waals surface area contributed by atoms with Crippen LogP contribution in [0.4, 0.5) is 0 Å². The summed E-state index contributed by atoms with van der Waals surface area (Å²) >= 11 is 0. The molecule has 1 aliphatic heterocycles. The summed E-state index contributed by atoms with van der Waals surface area (Å²) in [6.45, 7) is 3.53. The molecule has 1 spiro atoms. The fraction of sp³-hybridized carbons (Fsp3) is 1.00. The second-order valence-electron chi connectivity index (χ2n) is 4.55. The normalized spacial score (nSPS) is 39.7. The van der Waals surface area contributed by atoms with Crippen LogP contribution in [-0.2, 0) is 0 Å². The van der Waals surface area contributed by atoms with Gasteiger partial charge in [-0.3, -0.25) is 10.9 Å². The first-order chi connectivity index (χ1) is 6.29. The summed E-state index contributed by atoms with van der Waals surface area (Å²) in [4.78, 5) is 0. The van der Waals surface area contributed by atoms with Gasteiger partial charge >= 0.3 is 0 Å². The van der Waals surface area contributed by atoms with E-state index in [1.165, 1.54) is 32.2 Å². The highest BCUT2D eigenvalue weighted by atomic mass is 15.4. The molecule has 1 saturated heterocycles. The maximum atomic E-state index is 3.51. The van der Waals surface area contributed by atoms with Gasteiger partial charge < -0.3 is 5.32 Å². The number of nitrogens with one attached hydrogen (secondary N) is 3. The van der Waals surface area contributed by atoms with Gasteiger partial charge in [-0.2, -0.15) is 0 Å². The van der Waals surface area contributed by atoms with Gasteiger partial charge in [0, 0.05) is 18.1 Å². The van der Waals surface area contributed by atoms with Crippen LogP contribution in [0.5, 0.6) is 0 Å². The average Bonchev–Trinajstić information content (AvgIpc) is 2.74. The smallest absolute Gasteiger partial charge is 0.0310 e. The van der Waals surface area contributed by atoms with E-state index in [9.17, 15) is 0 Å². The second-order valence-corrected chi connectivity index (χ2v) is 4.55. The van der Waals surface area contributed by atoms with Crippen LogP contribution in [0, 0.1) is 5.92 Å². The molecule has 3 atom stereocenters. The van der Waals surface area contributed by atoms with E-state index in [-0.39, 0.29) is 0 Å². The molecule has 0 amide bonds. The van der Waals surface area contributed by atoms with Crippen molar-refractivity contribution in [3.8, 4) is 0 Å². The Hall–Kier alpha value is -0.120. The molecule has 3 nitrogen and oxygen atoms in total. The van der Waals surface area contributed by atoms with Crippen LogP contribution < -0.4 is 16.2 Å². The molecule has 2 aliphatic rings. The van der Waals surface area contributed by atoms with Crippen molar-refractivity contribution in [1.29, 1.82) is 0 Å². The van der Waals surface area contributed by atoms with Crippen molar-refractivity contribution in [2.75, 3.05) is 13.6 Å². The zero-order valence-electron chi connectivity index (χ0n) is 8.69. The Kier molecular flexibility index (Phi) is 2.58. The minimum atomic E-state index is 0.577. The van der Waals surface area contributed by atoms with Gasteiger partial charge in [0.1, 0.15) is 0 Å². The molecule has 1 aliphatic carbocycles. The fourth-order valence-electron chi connectivity index (χ4n) is 2.70. The van der Waals surface area contributed by atoms with Crippen LogP contribution in [0.25, 0.3) is 0 Å². The summed E-state index contributed by atoms with van der Waals surface area (Å²) in [6.07, 6.45) is 5.38. The largest absolute Gasteiger partial charge is 0.308 e. The molecule has 0 aromatic rings. The lowest BCUT2D eigenvalue weighted by Crippen LogP contribution is -2.42. The van der Waals surface area contributed by atoms with Crippen molar-refractivity contribution in [2.45, 2.75) is 44.2 Å². The molecular formula is C10H21N3. The third-order valence-corrected chi connectivity index (χ3v) is 3.66. The summed E-state index contributed by atoms with van der Waals surface area (Å²) in [5.74, 6) is 0.868. The fourth-order valence-corrected chi connectivity index (χ4v) is 2.70. The topological polar surface area (TPSA) is 46.0 Å². The van der Waals surface area contributed by atoms with Gasteiger partial charge in [0.25, 0.3) is 0 Å². The average molecular weight is 183 g/mol. The standard InChI is InChI=1S/C10H21N3/c1-3-9(13-11-2)8-4-5-10(6-8)7-12-10/h8-9,11-13H,3-7H2,1-2H3. The summed E-state index contributed by atoms with van der Waals surface area (Å²) in [6, 6.07) is 0.659. The molecule has 0 radical (unpaired) electrons. The first-order valence-electron chi connectivity index (χ1n) is 5.47. The molecule has 2 rings (SSSR count). The van der Waals surface area contributed by atoms with Crippen LogP contribution >= 0.6 is 0 Å². The maximum Gasteiger partial charge on any atom is 0.0310 e. The Morgan fingerprint density at radius 3 is 2.85 bits per heavy atom. The van der Waals surface area contributed by atoms with Crippen LogP contribution in [0.1, 0.15) is 32.6 Å². The van der Waals surface area contributed by atoms with Crippen molar-refractivity contribution in [2.24, 2.45) is 5.92 Å². The predicted molar refractivity (Wildman–Crippen MR) is 54.3 cm³/mol. The number of hydrogen-bond donors (Lipinski definition) is 3.